The molecule has 3 rings (SSSR count). The fourth-order valence-corrected chi connectivity index (χ4v) is 6.63. The molecule has 0 bridgehead atoms. The number of carbonyl (C=O) groups excluding carboxylic acids is 4. The highest BCUT2D eigenvalue weighted by atomic mass is 32.2. The third kappa shape index (κ3) is 8.14. The summed E-state index contributed by atoms with van der Waals surface area (Å²) in [5.41, 5.74) is 1.39. The second-order valence-corrected chi connectivity index (χ2v) is 11.8. The van der Waals surface area contributed by atoms with E-state index in [0.717, 1.165) is 41.5 Å². The molecule has 1 atom stereocenters. The number of rotatable bonds is 17. The Morgan fingerprint density at radius 2 is 1.86 bits per heavy atom. The van der Waals surface area contributed by atoms with E-state index in [4.69, 9.17) is 0 Å². The summed E-state index contributed by atoms with van der Waals surface area (Å²) in [7, 11) is 3.08. The molecule has 2 saturated carbocycles. The van der Waals surface area contributed by atoms with Crippen molar-refractivity contribution in [3.05, 3.63) is 29.3 Å². The quantitative estimate of drug-likeness (QED) is 0.174. The summed E-state index contributed by atoms with van der Waals surface area (Å²) in [4.78, 5) is 50.4. The lowest BCUT2D eigenvalue weighted by Gasteiger charge is -2.54. The van der Waals surface area contributed by atoms with Gasteiger partial charge in [0, 0.05) is 37.0 Å². The molecular weight excluding hydrogens is 486 g/mol. The van der Waals surface area contributed by atoms with Crippen LogP contribution in [0.25, 0.3) is 0 Å². The van der Waals surface area contributed by atoms with E-state index >= 15 is 0 Å². The number of carbonyl (C=O) groups is 4. The molecule has 2 N–H and O–H groups in total. The minimum absolute atomic E-state index is 0.145. The first kappa shape index (κ1) is 29.4. The number of benzene rings is 1. The SMILES string of the molecule is CNC(=O)CCC(C=O)N(C)C(=O)c1c(C=O)cccc1SCCCCCCCNC1CC2(CCC2)C1. The largest absolute Gasteiger partial charge is 0.359 e. The number of hydrogen-bond donors (Lipinski definition) is 2. The maximum Gasteiger partial charge on any atom is 0.256 e. The molecule has 0 heterocycles. The van der Waals surface area contributed by atoms with E-state index in [9.17, 15) is 19.2 Å². The number of thioether (sulfide) groups is 1. The highest BCUT2D eigenvalue weighted by Crippen LogP contribution is 2.55. The maximum atomic E-state index is 13.3. The van der Waals surface area contributed by atoms with Crippen molar-refractivity contribution in [3.8, 4) is 0 Å². The van der Waals surface area contributed by atoms with Gasteiger partial charge in [-0.15, -0.1) is 11.8 Å². The highest BCUT2D eigenvalue weighted by molar-refractivity contribution is 7.99. The number of likely N-dealkylation sites (N-methyl/N-ethyl adjacent to an activating group) is 1. The third-order valence-electron chi connectivity index (χ3n) is 8.10. The lowest BCUT2D eigenvalue weighted by atomic mass is 9.54. The Bertz CT molecular complexity index is 926. The first-order valence-corrected chi connectivity index (χ1v) is 14.8. The van der Waals surface area contributed by atoms with E-state index in [-0.39, 0.29) is 24.7 Å². The van der Waals surface area contributed by atoms with Crippen molar-refractivity contribution < 1.29 is 19.2 Å². The Balaban J connectivity index is 1.39. The first-order chi connectivity index (χ1) is 17.9. The van der Waals surface area contributed by atoms with Gasteiger partial charge in [0.1, 0.15) is 6.29 Å². The standard InChI is InChI=1S/C29H43N3O4S/c1-30-26(35)13-12-24(21-34)32(2)28(36)27-22(20-33)10-8-11-25(27)37-17-7-5-3-4-6-16-31-23-18-29(19-23)14-9-15-29/h8,10-11,20-21,23-24,31H,3-7,9,12-19H2,1-2H3,(H,30,35). The molecule has 1 aromatic carbocycles. The predicted molar refractivity (Wildman–Crippen MR) is 148 cm³/mol. The number of aldehydes is 2. The van der Waals surface area contributed by atoms with Crippen LogP contribution in [0.15, 0.2) is 23.1 Å². The number of nitrogens with zero attached hydrogens (tertiary/aromatic N) is 1. The van der Waals surface area contributed by atoms with Crippen LogP contribution in [0.4, 0.5) is 0 Å². The van der Waals surface area contributed by atoms with Gasteiger partial charge in [0.2, 0.25) is 5.91 Å². The number of amides is 2. The van der Waals surface area contributed by atoms with Crippen LogP contribution in [-0.4, -0.2) is 67.8 Å². The van der Waals surface area contributed by atoms with Crippen molar-refractivity contribution in [2.24, 2.45) is 5.41 Å². The summed E-state index contributed by atoms with van der Waals surface area (Å²) in [6.45, 7) is 1.12. The van der Waals surface area contributed by atoms with Crippen LogP contribution in [0.5, 0.6) is 0 Å². The molecule has 204 valence electrons. The molecule has 2 fully saturated rings. The first-order valence-electron chi connectivity index (χ1n) is 13.8. The number of hydrogen-bond acceptors (Lipinski definition) is 6. The molecule has 2 amide bonds. The molecule has 0 aliphatic heterocycles. The van der Waals surface area contributed by atoms with E-state index in [1.165, 1.54) is 63.3 Å². The smallest absolute Gasteiger partial charge is 0.256 e. The lowest BCUT2D eigenvalue weighted by Crippen LogP contribution is -2.52. The van der Waals surface area contributed by atoms with Crippen LogP contribution >= 0.6 is 11.8 Å². The van der Waals surface area contributed by atoms with Gasteiger partial charge in [-0.2, -0.15) is 0 Å². The fourth-order valence-electron chi connectivity index (χ4n) is 5.54. The van der Waals surface area contributed by atoms with Crippen molar-refractivity contribution in [3.63, 3.8) is 0 Å². The normalized spacial score (nSPS) is 16.9. The molecule has 8 heteroatoms. The molecule has 0 aromatic heterocycles. The van der Waals surface area contributed by atoms with Gasteiger partial charge >= 0.3 is 0 Å². The summed E-state index contributed by atoms with van der Waals surface area (Å²) in [6, 6.07) is 5.29. The summed E-state index contributed by atoms with van der Waals surface area (Å²) in [5, 5.41) is 6.24. The zero-order valence-corrected chi connectivity index (χ0v) is 23.2. The van der Waals surface area contributed by atoms with Crippen molar-refractivity contribution in [2.75, 3.05) is 26.4 Å². The zero-order valence-electron chi connectivity index (χ0n) is 22.4. The minimum Gasteiger partial charge on any atom is -0.359 e. The summed E-state index contributed by atoms with van der Waals surface area (Å²) in [5.74, 6) is 0.304. The lowest BCUT2D eigenvalue weighted by molar-refractivity contribution is -0.121. The van der Waals surface area contributed by atoms with Gasteiger partial charge in [-0.1, -0.05) is 37.8 Å². The summed E-state index contributed by atoms with van der Waals surface area (Å²) in [6.07, 6.45) is 14.7. The van der Waals surface area contributed by atoms with E-state index in [1.54, 1.807) is 30.9 Å². The van der Waals surface area contributed by atoms with Crippen LogP contribution < -0.4 is 10.6 Å². The van der Waals surface area contributed by atoms with Gasteiger partial charge in [-0.05, 0) is 68.7 Å². The van der Waals surface area contributed by atoms with Crippen molar-refractivity contribution >= 4 is 36.1 Å². The molecule has 1 spiro atoms. The van der Waals surface area contributed by atoms with Gasteiger partial charge in [0.05, 0.1) is 11.6 Å². The maximum absolute atomic E-state index is 13.3. The Morgan fingerprint density at radius 3 is 2.51 bits per heavy atom. The second kappa shape index (κ2) is 14.7. The molecule has 0 radical (unpaired) electrons. The van der Waals surface area contributed by atoms with Gasteiger partial charge in [-0.25, -0.2) is 0 Å². The third-order valence-corrected chi connectivity index (χ3v) is 9.25. The molecule has 2 aliphatic carbocycles. The van der Waals surface area contributed by atoms with Crippen molar-refractivity contribution in [2.45, 2.75) is 94.0 Å². The topological polar surface area (TPSA) is 95.6 Å². The molecule has 7 nitrogen and oxygen atoms in total. The van der Waals surface area contributed by atoms with Gasteiger partial charge < -0.3 is 20.3 Å². The van der Waals surface area contributed by atoms with Crippen LogP contribution in [-0.2, 0) is 9.59 Å². The van der Waals surface area contributed by atoms with Gasteiger partial charge in [0.15, 0.2) is 6.29 Å². The number of unbranched alkanes of at least 4 members (excludes halogenated alkanes) is 4. The zero-order chi connectivity index (χ0) is 26.7. The summed E-state index contributed by atoms with van der Waals surface area (Å²) >= 11 is 1.58. The average molecular weight is 530 g/mol. The number of nitrogens with one attached hydrogen (secondary N) is 2. The summed E-state index contributed by atoms with van der Waals surface area (Å²) < 4.78 is 0. The average Bonchev–Trinajstić information content (AvgIpc) is 2.86. The Morgan fingerprint density at radius 1 is 1.14 bits per heavy atom. The molecular formula is C29H43N3O4S. The molecule has 37 heavy (non-hydrogen) atoms. The van der Waals surface area contributed by atoms with E-state index in [2.05, 4.69) is 10.6 Å². The monoisotopic (exact) mass is 529 g/mol. The van der Waals surface area contributed by atoms with Crippen LogP contribution in [0.3, 0.4) is 0 Å². The minimum atomic E-state index is -0.736. The predicted octanol–water partition coefficient (Wildman–Crippen LogP) is 4.63. The highest BCUT2D eigenvalue weighted by Gasteiger charge is 2.47. The van der Waals surface area contributed by atoms with Gasteiger partial charge in [-0.3, -0.25) is 14.4 Å². The molecule has 1 unspecified atom stereocenters. The second-order valence-electron chi connectivity index (χ2n) is 10.7. The van der Waals surface area contributed by atoms with Crippen molar-refractivity contribution in [1.82, 2.24) is 15.5 Å². The molecule has 2 aliphatic rings. The Hall–Kier alpha value is -2.19. The Kier molecular flexibility index (Phi) is 11.6. The van der Waals surface area contributed by atoms with Crippen LogP contribution in [0.1, 0.15) is 97.8 Å². The van der Waals surface area contributed by atoms with Crippen LogP contribution in [0.2, 0.25) is 0 Å². The van der Waals surface area contributed by atoms with E-state index in [0.29, 0.717) is 23.7 Å². The molecule has 1 aromatic rings. The Labute approximate surface area is 225 Å². The molecule has 0 saturated heterocycles. The van der Waals surface area contributed by atoms with E-state index in [1.807, 2.05) is 6.07 Å². The fraction of sp³-hybridized carbons (Fsp3) is 0.655. The van der Waals surface area contributed by atoms with Crippen molar-refractivity contribution in [1.29, 1.82) is 0 Å². The van der Waals surface area contributed by atoms with Crippen LogP contribution in [0, 0.1) is 5.41 Å². The van der Waals surface area contributed by atoms with Gasteiger partial charge in [0.25, 0.3) is 5.91 Å². The van der Waals surface area contributed by atoms with E-state index < -0.39 is 6.04 Å².